The molecule has 0 aliphatic heterocycles. The first kappa shape index (κ1) is 20.5. The summed E-state index contributed by atoms with van der Waals surface area (Å²) in [6.07, 6.45) is 0. The van der Waals surface area contributed by atoms with Crippen molar-refractivity contribution in [1.29, 1.82) is 0 Å². The lowest BCUT2D eigenvalue weighted by Crippen LogP contribution is -2.32. The third-order valence-electron chi connectivity index (χ3n) is 4.73. The molecule has 4 rings (SSSR count). The van der Waals surface area contributed by atoms with Crippen molar-refractivity contribution < 1.29 is 4.79 Å². The van der Waals surface area contributed by atoms with E-state index >= 15 is 0 Å². The number of nitrogens with zero attached hydrogens (tertiary/aromatic N) is 1. The molecule has 0 aliphatic carbocycles. The molecule has 4 nitrogen and oxygen atoms in total. The highest BCUT2D eigenvalue weighted by atomic mass is 32.1. The molecule has 0 fully saturated rings. The van der Waals surface area contributed by atoms with E-state index < -0.39 is 6.04 Å². The summed E-state index contributed by atoms with van der Waals surface area (Å²) in [4.78, 5) is 19.9. The van der Waals surface area contributed by atoms with Crippen LogP contribution in [0.15, 0.2) is 72.1 Å². The summed E-state index contributed by atoms with van der Waals surface area (Å²) in [7, 11) is 0. The Morgan fingerprint density at radius 2 is 1.77 bits per heavy atom. The van der Waals surface area contributed by atoms with Crippen LogP contribution in [0.5, 0.6) is 0 Å². The van der Waals surface area contributed by atoms with Crippen LogP contribution in [0, 0.1) is 13.8 Å². The van der Waals surface area contributed by atoms with Crippen molar-refractivity contribution in [2.45, 2.75) is 26.4 Å². The number of nitrogens with one attached hydrogen (secondary N) is 2. The van der Waals surface area contributed by atoms with E-state index in [0.717, 1.165) is 32.4 Å². The summed E-state index contributed by atoms with van der Waals surface area (Å²) in [6, 6.07) is 21.4. The van der Waals surface area contributed by atoms with E-state index in [0.29, 0.717) is 6.54 Å². The lowest BCUT2D eigenvalue weighted by molar-refractivity contribution is -0.118. The topological polar surface area (TPSA) is 54.0 Å². The third kappa shape index (κ3) is 5.02. The average Bonchev–Trinajstić information content (AvgIpc) is 3.40. The zero-order chi connectivity index (χ0) is 20.9. The predicted octanol–water partition coefficient (Wildman–Crippen LogP) is 5.96. The summed E-state index contributed by atoms with van der Waals surface area (Å²) >= 11 is 3.36. The molecule has 0 unspecified atom stereocenters. The van der Waals surface area contributed by atoms with Gasteiger partial charge in [-0.1, -0.05) is 48.0 Å². The van der Waals surface area contributed by atoms with Gasteiger partial charge in [-0.05, 0) is 43.7 Å². The molecule has 1 amide bonds. The first-order chi connectivity index (χ1) is 14.6. The molecule has 1 atom stereocenters. The van der Waals surface area contributed by atoms with E-state index in [1.165, 1.54) is 4.88 Å². The number of aromatic nitrogens is 1. The maximum absolute atomic E-state index is 13.1. The van der Waals surface area contributed by atoms with E-state index in [2.05, 4.69) is 33.1 Å². The maximum atomic E-state index is 13.1. The summed E-state index contributed by atoms with van der Waals surface area (Å²) in [6.45, 7) is 4.65. The van der Waals surface area contributed by atoms with Crippen molar-refractivity contribution in [2.75, 3.05) is 5.32 Å². The van der Waals surface area contributed by atoms with E-state index in [4.69, 9.17) is 0 Å². The fourth-order valence-electron chi connectivity index (χ4n) is 3.15. The number of anilines is 1. The number of hydrogen-bond acceptors (Lipinski definition) is 5. The fraction of sp³-hybridized carbons (Fsp3) is 0.167. The Morgan fingerprint density at radius 1 is 1.00 bits per heavy atom. The van der Waals surface area contributed by atoms with Crippen molar-refractivity contribution in [3.8, 4) is 10.6 Å². The molecule has 2 aromatic heterocycles. The Morgan fingerprint density at radius 3 is 2.47 bits per heavy atom. The highest BCUT2D eigenvalue weighted by Crippen LogP contribution is 2.29. The second-order valence-corrected chi connectivity index (χ2v) is 9.33. The Hall–Kier alpha value is -2.80. The van der Waals surface area contributed by atoms with E-state index in [9.17, 15) is 4.79 Å². The molecule has 0 spiro atoms. The second kappa shape index (κ2) is 9.34. The quantitative estimate of drug-likeness (QED) is 0.378. The molecule has 0 radical (unpaired) electrons. The van der Waals surface area contributed by atoms with Crippen LogP contribution in [0.4, 0.5) is 5.69 Å². The largest absolute Gasteiger partial charge is 0.324 e. The van der Waals surface area contributed by atoms with Crippen LogP contribution in [0.1, 0.15) is 27.1 Å². The normalized spacial score (nSPS) is 11.9. The molecule has 2 aromatic carbocycles. The SMILES string of the molecule is Cc1ccc(NC(=O)[C@@H](NCc2ccc(-c3csc(C)n3)s2)c2ccccc2)cc1. The molecular weight excluding hydrogens is 410 g/mol. The van der Waals surface area contributed by atoms with Crippen LogP contribution in [-0.4, -0.2) is 10.9 Å². The van der Waals surface area contributed by atoms with Gasteiger partial charge in [-0.15, -0.1) is 22.7 Å². The molecule has 4 aromatic rings. The standard InChI is InChI=1S/C24H23N3OS2/c1-16-8-10-19(11-9-16)27-24(28)23(18-6-4-3-5-7-18)25-14-20-12-13-22(30-20)21-15-29-17(2)26-21/h3-13,15,23,25H,14H2,1-2H3,(H,27,28)/t23-/m0/s1. The summed E-state index contributed by atoms with van der Waals surface area (Å²) in [5, 5.41) is 9.61. The highest BCUT2D eigenvalue weighted by molar-refractivity contribution is 7.16. The minimum absolute atomic E-state index is 0.0723. The zero-order valence-corrected chi connectivity index (χ0v) is 18.5. The monoisotopic (exact) mass is 433 g/mol. The number of thiophene rings is 1. The number of amides is 1. The number of carbonyl (C=O) groups is 1. The number of benzene rings is 2. The summed E-state index contributed by atoms with van der Waals surface area (Å²) in [5.74, 6) is -0.0723. The van der Waals surface area contributed by atoms with Crippen LogP contribution < -0.4 is 10.6 Å². The molecule has 2 heterocycles. The summed E-state index contributed by atoms with van der Waals surface area (Å²) in [5.41, 5.74) is 3.92. The smallest absolute Gasteiger partial charge is 0.246 e. The van der Waals surface area contributed by atoms with Crippen molar-refractivity contribution >= 4 is 34.3 Å². The van der Waals surface area contributed by atoms with Gasteiger partial charge in [-0.3, -0.25) is 10.1 Å². The van der Waals surface area contributed by atoms with Crippen molar-refractivity contribution in [3.05, 3.63) is 93.1 Å². The second-order valence-electron chi connectivity index (χ2n) is 7.10. The van der Waals surface area contributed by atoms with Crippen molar-refractivity contribution in [1.82, 2.24) is 10.3 Å². The van der Waals surface area contributed by atoms with Gasteiger partial charge >= 0.3 is 0 Å². The molecule has 6 heteroatoms. The van der Waals surface area contributed by atoms with Gasteiger partial charge in [-0.25, -0.2) is 4.98 Å². The van der Waals surface area contributed by atoms with Gasteiger partial charge < -0.3 is 5.32 Å². The van der Waals surface area contributed by atoms with Crippen LogP contribution in [0.3, 0.4) is 0 Å². The minimum Gasteiger partial charge on any atom is -0.324 e. The van der Waals surface area contributed by atoms with Gasteiger partial charge in [0, 0.05) is 22.5 Å². The van der Waals surface area contributed by atoms with Gasteiger partial charge in [0.1, 0.15) is 6.04 Å². The van der Waals surface area contributed by atoms with Crippen molar-refractivity contribution in [2.24, 2.45) is 0 Å². The van der Waals surface area contributed by atoms with Gasteiger partial charge in [0.25, 0.3) is 0 Å². The third-order valence-corrected chi connectivity index (χ3v) is 6.61. The first-order valence-electron chi connectivity index (χ1n) is 9.75. The fourth-order valence-corrected chi connectivity index (χ4v) is 4.76. The zero-order valence-electron chi connectivity index (χ0n) is 16.9. The maximum Gasteiger partial charge on any atom is 0.246 e. The summed E-state index contributed by atoms with van der Waals surface area (Å²) < 4.78 is 0. The number of rotatable bonds is 7. The lowest BCUT2D eigenvalue weighted by atomic mass is 10.1. The molecule has 0 aliphatic rings. The van der Waals surface area contributed by atoms with Crippen LogP contribution in [0.2, 0.25) is 0 Å². The van der Waals surface area contributed by atoms with Gasteiger partial charge in [0.05, 0.1) is 15.6 Å². The molecular formula is C24H23N3OS2. The Bertz CT molecular complexity index is 1120. The van der Waals surface area contributed by atoms with E-state index in [1.807, 2.05) is 68.4 Å². The van der Waals surface area contributed by atoms with Gasteiger partial charge in [0.15, 0.2) is 0 Å². The molecule has 0 saturated heterocycles. The molecule has 30 heavy (non-hydrogen) atoms. The predicted molar refractivity (Wildman–Crippen MR) is 126 cm³/mol. The van der Waals surface area contributed by atoms with E-state index in [-0.39, 0.29) is 5.91 Å². The van der Waals surface area contributed by atoms with Crippen molar-refractivity contribution in [3.63, 3.8) is 0 Å². The van der Waals surface area contributed by atoms with E-state index in [1.54, 1.807) is 22.7 Å². The van der Waals surface area contributed by atoms with Crippen LogP contribution in [0.25, 0.3) is 10.6 Å². The van der Waals surface area contributed by atoms with Gasteiger partial charge in [-0.2, -0.15) is 0 Å². The molecule has 152 valence electrons. The molecule has 2 N–H and O–H groups in total. The van der Waals surface area contributed by atoms with Gasteiger partial charge in [0.2, 0.25) is 5.91 Å². The Labute approximate surface area is 184 Å². The first-order valence-corrected chi connectivity index (χ1v) is 11.5. The number of carbonyl (C=O) groups excluding carboxylic acids is 1. The molecule has 0 bridgehead atoms. The lowest BCUT2D eigenvalue weighted by Gasteiger charge is -2.19. The van der Waals surface area contributed by atoms with Crippen LogP contribution >= 0.6 is 22.7 Å². The average molecular weight is 434 g/mol. The van der Waals surface area contributed by atoms with Crippen LogP contribution in [-0.2, 0) is 11.3 Å². The highest BCUT2D eigenvalue weighted by Gasteiger charge is 2.20. The minimum atomic E-state index is -0.445. The molecule has 0 saturated carbocycles. The number of aryl methyl sites for hydroxylation is 2. The number of thiazole rings is 1. The Balaban J connectivity index is 1.48. The Kier molecular flexibility index (Phi) is 6.38. The number of hydrogen-bond donors (Lipinski definition) is 2.